The van der Waals surface area contributed by atoms with Crippen molar-refractivity contribution in [3.05, 3.63) is 0 Å². The highest BCUT2D eigenvalue weighted by Crippen LogP contribution is 2.27. The minimum Gasteiger partial charge on any atom is -0.213 e. The normalized spacial score (nSPS) is 17.5. The smallest absolute Gasteiger partial charge is 0.0823 e. The van der Waals surface area contributed by atoms with Gasteiger partial charge in [0.2, 0.25) is 0 Å². The molecule has 1 heterocycles. The summed E-state index contributed by atoms with van der Waals surface area (Å²) in [6.45, 7) is 2.23. The molecule has 0 unspecified atom stereocenters. The first-order valence-electron chi connectivity index (χ1n) is 3.75. The first kappa shape index (κ1) is 8.47. The molecule has 1 nitrogen and oxygen atoms in total. The summed E-state index contributed by atoms with van der Waals surface area (Å²) in [6, 6.07) is 0. The van der Waals surface area contributed by atoms with Gasteiger partial charge in [-0.3, -0.25) is 0 Å². The van der Waals surface area contributed by atoms with Crippen molar-refractivity contribution in [3.63, 3.8) is 0 Å². The lowest BCUT2D eigenvalue weighted by Crippen LogP contribution is -1.86. The van der Waals surface area contributed by atoms with E-state index >= 15 is 0 Å². The molecule has 0 saturated heterocycles. The maximum atomic E-state index is 4.30. The van der Waals surface area contributed by atoms with Gasteiger partial charge in [-0.2, -0.15) is 0 Å². The highest BCUT2D eigenvalue weighted by Gasteiger charge is 2.05. The second-order valence-electron chi connectivity index (χ2n) is 2.33. The lowest BCUT2D eigenvalue weighted by molar-refractivity contribution is 0.745. The summed E-state index contributed by atoms with van der Waals surface area (Å²) in [7, 11) is 0. The van der Waals surface area contributed by atoms with E-state index in [1.807, 2.05) is 11.8 Å². The molecule has 0 bridgehead atoms. The number of unbranched alkanes of at least 4 members (excludes halogenated alkanes) is 2. The van der Waals surface area contributed by atoms with E-state index in [0.29, 0.717) is 0 Å². The third kappa shape index (κ3) is 2.97. The molecule has 0 atom stereocenters. The van der Waals surface area contributed by atoms with Crippen LogP contribution in [0.3, 0.4) is 0 Å². The summed E-state index contributed by atoms with van der Waals surface area (Å²) in [5, 5.41) is 2.50. The van der Waals surface area contributed by atoms with E-state index < -0.39 is 0 Å². The quantitative estimate of drug-likeness (QED) is 0.480. The van der Waals surface area contributed by atoms with Crippen LogP contribution >= 0.6 is 23.7 Å². The average molecular weight is 175 g/mol. The molecule has 0 radical (unpaired) electrons. The molecule has 58 valence electrons. The molecule has 0 spiro atoms. The Morgan fingerprint density at radius 2 is 2.40 bits per heavy atom. The van der Waals surface area contributed by atoms with Crippen molar-refractivity contribution < 1.29 is 0 Å². The van der Waals surface area contributed by atoms with E-state index in [-0.39, 0.29) is 0 Å². The van der Waals surface area contributed by atoms with Gasteiger partial charge >= 0.3 is 0 Å². The molecule has 0 aliphatic carbocycles. The minimum atomic E-state index is 1.14. The van der Waals surface area contributed by atoms with Crippen LogP contribution in [0.2, 0.25) is 0 Å². The van der Waals surface area contributed by atoms with Gasteiger partial charge in [-0.15, -0.1) is 0 Å². The zero-order valence-corrected chi connectivity index (χ0v) is 7.93. The van der Waals surface area contributed by atoms with Gasteiger partial charge in [0.25, 0.3) is 0 Å². The maximum Gasteiger partial charge on any atom is 0.0823 e. The SMILES string of the molecule is CCCCCC1=NSCS1. The number of rotatable bonds is 4. The van der Waals surface area contributed by atoms with Crippen molar-refractivity contribution >= 4 is 28.8 Å². The molecule has 0 aromatic rings. The maximum absolute atomic E-state index is 4.30. The van der Waals surface area contributed by atoms with E-state index in [2.05, 4.69) is 11.3 Å². The molecule has 1 aliphatic heterocycles. The Morgan fingerprint density at radius 3 is 3.00 bits per heavy atom. The number of thioether (sulfide) groups is 1. The molecule has 0 saturated carbocycles. The second-order valence-corrected chi connectivity index (χ2v) is 4.48. The van der Waals surface area contributed by atoms with Crippen LogP contribution in [0.15, 0.2) is 4.40 Å². The Hall–Kier alpha value is 0.370. The van der Waals surface area contributed by atoms with Crippen LogP contribution in [-0.4, -0.2) is 10.1 Å². The predicted molar refractivity (Wildman–Crippen MR) is 51.6 cm³/mol. The molecule has 0 N–H and O–H groups in total. The Bertz CT molecular complexity index is 123. The summed E-state index contributed by atoms with van der Waals surface area (Å²) in [5.41, 5.74) is 0. The van der Waals surface area contributed by atoms with Gasteiger partial charge in [-0.05, 0) is 24.8 Å². The van der Waals surface area contributed by atoms with E-state index in [9.17, 15) is 0 Å². The Balaban J connectivity index is 2.01. The monoisotopic (exact) mass is 175 g/mol. The standard InChI is InChI=1S/C7H13NS2/c1-2-3-4-5-7-8-10-6-9-7/h2-6H2,1H3. The van der Waals surface area contributed by atoms with Crippen molar-refractivity contribution in [1.82, 2.24) is 0 Å². The fourth-order valence-corrected chi connectivity index (χ4v) is 2.72. The number of hydrogen-bond acceptors (Lipinski definition) is 3. The van der Waals surface area contributed by atoms with Crippen LogP contribution in [0.1, 0.15) is 32.6 Å². The molecular formula is C7H13NS2. The fourth-order valence-electron chi connectivity index (χ4n) is 0.863. The van der Waals surface area contributed by atoms with Crippen LogP contribution in [-0.2, 0) is 0 Å². The Kier molecular flexibility index (Phi) is 4.30. The first-order chi connectivity index (χ1) is 4.93. The molecule has 0 amide bonds. The summed E-state index contributed by atoms with van der Waals surface area (Å²) in [4.78, 5) is 0. The molecular weight excluding hydrogens is 162 g/mol. The topological polar surface area (TPSA) is 12.4 Å². The third-order valence-corrected chi connectivity index (χ3v) is 3.43. The minimum absolute atomic E-state index is 1.14. The molecule has 1 rings (SSSR count). The van der Waals surface area contributed by atoms with Gasteiger partial charge in [0, 0.05) is 0 Å². The van der Waals surface area contributed by atoms with Gasteiger partial charge < -0.3 is 0 Å². The Morgan fingerprint density at radius 1 is 1.50 bits per heavy atom. The Labute approximate surface area is 71.2 Å². The summed E-state index contributed by atoms with van der Waals surface area (Å²) in [6.07, 6.45) is 5.20. The lowest BCUT2D eigenvalue weighted by Gasteiger charge is -1.95. The van der Waals surface area contributed by atoms with Gasteiger partial charge in [-0.25, -0.2) is 4.40 Å². The molecule has 10 heavy (non-hydrogen) atoms. The van der Waals surface area contributed by atoms with Crippen molar-refractivity contribution in [2.24, 2.45) is 4.40 Å². The second kappa shape index (κ2) is 5.08. The van der Waals surface area contributed by atoms with Crippen molar-refractivity contribution in [1.29, 1.82) is 0 Å². The summed E-state index contributed by atoms with van der Waals surface area (Å²) < 4.78 is 4.30. The average Bonchev–Trinajstić information content (AvgIpc) is 2.41. The number of nitrogens with zero attached hydrogens (tertiary/aromatic N) is 1. The highest BCUT2D eigenvalue weighted by atomic mass is 32.2. The van der Waals surface area contributed by atoms with Crippen LogP contribution in [0, 0.1) is 0 Å². The summed E-state index contributed by atoms with van der Waals surface area (Å²) in [5.74, 6) is 0. The van der Waals surface area contributed by atoms with Gasteiger partial charge in [0.05, 0.1) is 10.1 Å². The zero-order valence-electron chi connectivity index (χ0n) is 6.30. The van der Waals surface area contributed by atoms with Crippen LogP contribution in [0.25, 0.3) is 0 Å². The zero-order chi connectivity index (χ0) is 7.23. The molecule has 0 fully saturated rings. The van der Waals surface area contributed by atoms with E-state index in [0.717, 1.165) is 5.08 Å². The summed E-state index contributed by atoms with van der Waals surface area (Å²) >= 11 is 3.60. The fraction of sp³-hybridized carbons (Fsp3) is 0.857. The molecule has 0 aromatic carbocycles. The van der Waals surface area contributed by atoms with Crippen LogP contribution in [0.4, 0.5) is 0 Å². The third-order valence-electron chi connectivity index (χ3n) is 1.44. The molecule has 3 heteroatoms. The van der Waals surface area contributed by atoms with Gasteiger partial charge in [0.1, 0.15) is 0 Å². The van der Waals surface area contributed by atoms with Crippen molar-refractivity contribution in [2.45, 2.75) is 32.6 Å². The van der Waals surface area contributed by atoms with Crippen molar-refractivity contribution in [3.8, 4) is 0 Å². The lowest BCUT2D eigenvalue weighted by atomic mass is 10.2. The van der Waals surface area contributed by atoms with E-state index in [1.165, 1.54) is 30.7 Å². The van der Waals surface area contributed by atoms with Crippen molar-refractivity contribution in [2.75, 3.05) is 5.08 Å². The van der Waals surface area contributed by atoms with Gasteiger partial charge in [0.15, 0.2) is 0 Å². The van der Waals surface area contributed by atoms with Gasteiger partial charge in [-0.1, -0.05) is 31.5 Å². The molecule has 0 aromatic heterocycles. The van der Waals surface area contributed by atoms with Crippen LogP contribution < -0.4 is 0 Å². The van der Waals surface area contributed by atoms with Crippen LogP contribution in [0.5, 0.6) is 0 Å². The first-order valence-corrected chi connectivity index (χ1v) is 5.68. The predicted octanol–water partition coefficient (Wildman–Crippen LogP) is 3.32. The van der Waals surface area contributed by atoms with E-state index in [1.54, 1.807) is 11.9 Å². The highest BCUT2D eigenvalue weighted by molar-refractivity contribution is 8.27. The van der Waals surface area contributed by atoms with E-state index in [4.69, 9.17) is 0 Å². The molecule has 1 aliphatic rings. The largest absolute Gasteiger partial charge is 0.213 e. The number of hydrogen-bond donors (Lipinski definition) is 0.